The van der Waals surface area contributed by atoms with Crippen LogP contribution in [0.1, 0.15) is 30.6 Å². The maximum absolute atomic E-state index is 12.8. The summed E-state index contributed by atoms with van der Waals surface area (Å²) in [4.78, 5) is 1.28. The molecule has 2 heterocycles. The first-order valence-electron chi connectivity index (χ1n) is 7.04. The van der Waals surface area contributed by atoms with Crippen molar-refractivity contribution in [2.45, 2.75) is 49.3 Å². The lowest BCUT2D eigenvalue weighted by atomic mass is 9.91. The first kappa shape index (κ1) is 14.5. The van der Waals surface area contributed by atoms with E-state index in [-0.39, 0.29) is 12.1 Å². The van der Waals surface area contributed by atoms with E-state index in [1.807, 2.05) is 0 Å². The SMILES string of the molecule is NCc1cc(S(=O)(=O)N2CCOC3CCCCC32)cs1. The third-order valence-corrected chi connectivity index (χ3v) is 7.13. The van der Waals surface area contributed by atoms with Crippen LogP contribution in [0.25, 0.3) is 0 Å². The van der Waals surface area contributed by atoms with E-state index in [4.69, 9.17) is 10.5 Å². The van der Waals surface area contributed by atoms with Crippen LogP contribution in [0.2, 0.25) is 0 Å². The highest BCUT2D eigenvalue weighted by molar-refractivity contribution is 7.89. The Hall–Kier alpha value is -0.470. The standard InChI is InChI=1S/C13H20N2O3S2/c14-8-10-7-11(9-19-10)20(16,17)15-5-6-18-13-4-2-1-3-12(13)15/h7,9,12-13H,1-6,8,14H2. The molecule has 2 N–H and O–H groups in total. The van der Waals surface area contributed by atoms with Crippen molar-refractivity contribution in [1.82, 2.24) is 4.31 Å². The number of nitrogens with two attached hydrogens (primary N) is 1. The van der Waals surface area contributed by atoms with Gasteiger partial charge >= 0.3 is 0 Å². The average Bonchev–Trinajstić information content (AvgIpc) is 2.96. The molecule has 2 aliphatic rings. The summed E-state index contributed by atoms with van der Waals surface area (Å²) in [5.74, 6) is 0. The third kappa shape index (κ3) is 2.53. The van der Waals surface area contributed by atoms with E-state index in [0.29, 0.717) is 24.6 Å². The van der Waals surface area contributed by atoms with E-state index in [9.17, 15) is 8.42 Å². The Morgan fingerprint density at radius 3 is 2.95 bits per heavy atom. The van der Waals surface area contributed by atoms with Gasteiger partial charge in [-0.05, 0) is 18.9 Å². The highest BCUT2D eigenvalue weighted by atomic mass is 32.2. The molecule has 2 unspecified atom stereocenters. The summed E-state index contributed by atoms with van der Waals surface area (Å²) in [7, 11) is -3.41. The minimum absolute atomic E-state index is 0.00345. The topological polar surface area (TPSA) is 72.6 Å². The van der Waals surface area contributed by atoms with Crippen LogP contribution >= 0.6 is 11.3 Å². The fourth-order valence-electron chi connectivity index (χ4n) is 3.10. The Kier molecular flexibility index (Phi) is 4.14. The maximum Gasteiger partial charge on any atom is 0.244 e. The summed E-state index contributed by atoms with van der Waals surface area (Å²) in [6.45, 7) is 1.33. The van der Waals surface area contributed by atoms with E-state index in [1.54, 1.807) is 15.8 Å². The molecule has 0 radical (unpaired) electrons. The molecule has 7 heteroatoms. The molecule has 20 heavy (non-hydrogen) atoms. The minimum atomic E-state index is -3.41. The van der Waals surface area contributed by atoms with Crippen molar-refractivity contribution in [3.8, 4) is 0 Å². The summed E-state index contributed by atoms with van der Waals surface area (Å²) in [5.41, 5.74) is 5.57. The number of hydrogen-bond acceptors (Lipinski definition) is 5. The summed E-state index contributed by atoms with van der Waals surface area (Å²) in [6.07, 6.45) is 4.14. The molecule has 112 valence electrons. The largest absolute Gasteiger partial charge is 0.375 e. The molecular weight excluding hydrogens is 296 g/mol. The van der Waals surface area contributed by atoms with Gasteiger partial charge in [0.2, 0.25) is 10.0 Å². The number of morpholine rings is 1. The number of fused-ring (bicyclic) bond motifs is 1. The van der Waals surface area contributed by atoms with Gasteiger partial charge in [0.15, 0.2) is 0 Å². The van der Waals surface area contributed by atoms with E-state index in [0.717, 1.165) is 30.6 Å². The lowest BCUT2D eigenvalue weighted by Crippen LogP contribution is -2.54. The number of rotatable bonds is 3. The first-order valence-corrected chi connectivity index (χ1v) is 9.36. The van der Waals surface area contributed by atoms with Crippen molar-refractivity contribution in [2.75, 3.05) is 13.2 Å². The number of sulfonamides is 1. The molecule has 1 saturated carbocycles. The van der Waals surface area contributed by atoms with Gasteiger partial charge in [-0.3, -0.25) is 0 Å². The van der Waals surface area contributed by atoms with Gasteiger partial charge in [-0.25, -0.2) is 8.42 Å². The molecule has 0 bridgehead atoms. The quantitative estimate of drug-likeness (QED) is 0.918. The minimum Gasteiger partial charge on any atom is -0.375 e. The van der Waals surface area contributed by atoms with Crippen molar-refractivity contribution in [3.63, 3.8) is 0 Å². The lowest BCUT2D eigenvalue weighted by molar-refractivity contribution is -0.0586. The molecule has 5 nitrogen and oxygen atoms in total. The molecule has 2 fully saturated rings. The van der Waals surface area contributed by atoms with Crippen molar-refractivity contribution in [2.24, 2.45) is 5.73 Å². The highest BCUT2D eigenvalue weighted by Gasteiger charge is 2.41. The van der Waals surface area contributed by atoms with Gasteiger partial charge in [0.05, 0.1) is 23.6 Å². The predicted molar refractivity (Wildman–Crippen MR) is 78.1 cm³/mol. The highest BCUT2D eigenvalue weighted by Crippen LogP contribution is 2.33. The van der Waals surface area contributed by atoms with Gasteiger partial charge in [0.25, 0.3) is 0 Å². The zero-order chi connectivity index (χ0) is 14.2. The number of nitrogens with zero attached hydrogens (tertiary/aromatic N) is 1. The normalized spacial score (nSPS) is 28.2. The van der Waals surface area contributed by atoms with Crippen molar-refractivity contribution < 1.29 is 13.2 Å². The van der Waals surface area contributed by atoms with Gasteiger partial charge in [0, 0.05) is 23.3 Å². The molecule has 3 rings (SSSR count). The van der Waals surface area contributed by atoms with Crippen LogP contribution < -0.4 is 5.73 Å². The first-order chi connectivity index (χ1) is 9.63. The van der Waals surface area contributed by atoms with Crippen LogP contribution in [-0.2, 0) is 21.3 Å². The second kappa shape index (κ2) is 5.73. The van der Waals surface area contributed by atoms with Crippen LogP contribution in [0.4, 0.5) is 0 Å². The summed E-state index contributed by atoms with van der Waals surface area (Å²) in [5, 5.41) is 1.70. The fraction of sp³-hybridized carbons (Fsp3) is 0.692. The Bertz CT molecular complexity index is 568. The van der Waals surface area contributed by atoms with E-state index in [1.165, 1.54) is 11.3 Å². The summed E-state index contributed by atoms with van der Waals surface area (Å²) in [6, 6.07) is 1.71. The molecular formula is C13H20N2O3S2. The maximum atomic E-state index is 12.8. The average molecular weight is 316 g/mol. The Morgan fingerprint density at radius 1 is 1.40 bits per heavy atom. The Labute approximate surface area is 123 Å². The molecule has 0 amide bonds. The fourth-order valence-corrected chi connectivity index (χ4v) is 5.90. The number of hydrogen-bond donors (Lipinski definition) is 1. The molecule has 0 spiro atoms. The van der Waals surface area contributed by atoms with Crippen LogP contribution in [0.3, 0.4) is 0 Å². The molecule has 1 aromatic rings. The van der Waals surface area contributed by atoms with Crippen molar-refractivity contribution in [1.29, 1.82) is 0 Å². The zero-order valence-electron chi connectivity index (χ0n) is 11.3. The molecule has 1 aliphatic carbocycles. The smallest absolute Gasteiger partial charge is 0.244 e. The Balaban J connectivity index is 1.89. The molecule has 1 saturated heterocycles. The van der Waals surface area contributed by atoms with Crippen molar-refractivity contribution in [3.05, 3.63) is 16.3 Å². The van der Waals surface area contributed by atoms with Crippen LogP contribution in [0.15, 0.2) is 16.3 Å². The summed E-state index contributed by atoms with van der Waals surface area (Å²) < 4.78 is 33.0. The van der Waals surface area contributed by atoms with Gasteiger partial charge in [-0.15, -0.1) is 11.3 Å². The molecule has 2 atom stereocenters. The van der Waals surface area contributed by atoms with Gasteiger partial charge in [-0.1, -0.05) is 12.8 Å². The lowest BCUT2D eigenvalue weighted by Gasteiger charge is -2.42. The zero-order valence-corrected chi connectivity index (χ0v) is 13.0. The van der Waals surface area contributed by atoms with Gasteiger partial charge in [0.1, 0.15) is 0 Å². The second-order valence-electron chi connectivity index (χ2n) is 5.33. The predicted octanol–water partition coefficient (Wildman–Crippen LogP) is 1.54. The number of thiophene rings is 1. The summed E-state index contributed by atoms with van der Waals surface area (Å²) >= 11 is 1.41. The number of ether oxygens (including phenoxy) is 1. The molecule has 1 aliphatic heterocycles. The van der Waals surface area contributed by atoms with Gasteiger partial charge in [-0.2, -0.15) is 4.31 Å². The monoisotopic (exact) mass is 316 g/mol. The molecule has 0 aromatic carbocycles. The van der Waals surface area contributed by atoms with Gasteiger partial charge < -0.3 is 10.5 Å². The third-order valence-electron chi connectivity index (χ3n) is 4.12. The van der Waals surface area contributed by atoms with E-state index < -0.39 is 10.0 Å². The second-order valence-corrected chi connectivity index (χ2v) is 8.22. The van der Waals surface area contributed by atoms with Crippen LogP contribution in [0, 0.1) is 0 Å². The van der Waals surface area contributed by atoms with E-state index in [2.05, 4.69) is 0 Å². The van der Waals surface area contributed by atoms with Crippen molar-refractivity contribution >= 4 is 21.4 Å². The Morgan fingerprint density at radius 2 is 2.20 bits per heavy atom. The van der Waals surface area contributed by atoms with E-state index >= 15 is 0 Å². The molecule has 1 aromatic heterocycles. The van der Waals surface area contributed by atoms with Crippen LogP contribution in [0.5, 0.6) is 0 Å². The van der Waals surface area contributed by atoms with Crippen LogP contribution in [-0.4, -0.2) is 38.0 Å².